The molecule has 1 heterocycles. The van der Waals surface area contributed by atoms with Gasteiger partial charge in [-0.1, -0.05) is 36.4 Å². The van der Waals surface area contributed by atoms with Gasteiger partial charge in [0.15, 0.2) is 0 Å². The first-order valence-corrected chi connectivity index (χ1v) is 8.82. The summed E-state index contributed by atoms with van der Waals surface area (Å²) in [7, 11) is 0. The van der Waals surface area contributed by atoms with Crippen LogP contribution in [0.2, 0.25) is 0 Å². The summed E-state index contributed by atoms with van der Waals surface area (Å²) >= 11 is 0. The molecule has 3 N–H and O–H groups in total. The molecule has 1 aliphatic rings. The molecule has 0 saturated carbocycles. The van der Waals surface area contributed by atoms with E-state index in [-0.39, 0.29) is 12.1 Å². The van der Waals surface area contributed by atoms with Gasteiger partial charge in [-0.2, -0.15) is 5.26 Å². The van der Waals surface area contributed by atoms with Crippen molar-refractivity contribution in [3.63, 3.8) is 0 Å². The van der Waals surface area contributed by atoms with Gasteiger partial charge in [0, 0.05) is 25.7 Å². The number of likely N-dealkylation sites (tertiary alicyclic amines) is 1. The molecule has 1 saturated heterocycles. The Morgan fingerprint density at radius 1 is 1.12 bits per heavy atom. The van der Waals surface area contributed by atoms with E-state index in [9.17, 15) is 4.79 Å². The van der Waals surface area contributed by atoms with Crippen molar-refractivity contribution in [1.82, 2.24) is 15.6 Å². The molecule has 3 rings (SSSR count). The van der Waals surface area contributed by atoms with E-state index in [0.29, 0.717) is 11.3 Å². The van der Waals surface area contributed by atoms with Crippen LogP contribution in [-0.2, 0) is 6.54 Å². The summed E-state index contributed by atoms with van der Waals surface area (Å²) in [6, 6.07) is 19.4. The minimum absolute atomic E-state index is 0.175. The zero-order valence-corrected chi connectivity index (χ0v) is 14.6. The third-order valence-corrected chi connectivity index (χ3v) is 4.48. The molecule has 1 fully saturated rings. The molecule has 2 aromatic carbocycles. The fraction of sp³-hybridized carbons (Fsp3) is 0.300. The highest BCUT2D eigenvalue weighted by Crippen LogP contribution is 2.14. The first kappa shape index (κ1) is 17.8. The Bertz CT molecular complexity index is 763. The highest BCUT2D eigenvalue weighted by Gasteiger charge is 2.20. The molecular weight excluding hydrogens is 326 g/mol. The van der Waals surface area contributed by atoms with Gasteiger partial charge in [0.2, 0.25) is 0 Å². The average Bonchev–Trinajstić information content (AvgIpc) is 2.69. The van der Waals surface area contributed by atoms with Crippen molar-refractivity contribution < 1.29 is 4.79 Å². The number of benzene rings is 2. The van der Waals surface area contributed by atoms with Crippen molar-refractivity contribution in [3.8, 4) is 6.07 Å². The van der Waals surface area contributed by atoms with E-state index in [1.165, 1.54) is 5.56 Å². The highest BCUT2D eigenvalue weighted by atomic mass is 16.2. The molecule has 2 amide bonds. The van der Waals surface area contributed by atoms with Crippen LogP contribution in [0, 0.1) is 11.3 Å². The van der Waals surface area contributed by atoms with Gasteiger partial charge < -0.3 is 5.32 Å². The molecule has 0 radical (unpaired) electrons. The molecule has 2 aromatic rings. The fourth-order valence-corrected chi connectivity index (χ4v) is 3.09. The lowest BCUT2D eigenvalue weighted by Gasteiger charge is -2.32. The van der Waals surface area contributed by atoms with Gasteiger partial charge in [0.25, 0.3) is 0 Å². The molecule has 1 aliphatic heterocycles. The molecule has 134 valence electrons. The number of rotatable bonds is 5. The van der Waals surface area contributed by atoms with Gasteiger partial charge >= 0.3 is 6.03 Å². The van der Waals surface area contributed by atoms with Crippen LogP contribution >= 0.6 is 0 Å². The van der Waals surface area contributed by atoms with E-state index in [1.807, 2.05) is 6.07 Å². The zero-order chi connectivity index (χ0) is 18.2. The summed E-state index contributed by atoms with van der Waals surface area (Å²) in [4.78, 5) is 14.5. The molecule has 0 bridgehead atoms. The van der Waals surface area contributed by atoms with Crippen LogP contribution in [0.25, 0.3) is 0 Å². The molecule has 6 heteroatoms. The first-order valence-electron chi connectivity index (χ1n) is 8.82. The Morgan fingerprint density at radius 3 is 2.62 bits per heavy atom. The van der Waals surface area contributed by atoms with E-state index < -0.39 is 0 Å². The molecule has 0 aromatic heterocycles. The maximum absolute atomic E-state index is 12.0. The zero-order valence-electron chi connectivity index (χ0n) is 14.6. The Kier molecular flexibility index (Phi) is 6.07. The lowest BCUT2D eigenvalue weighted by molar-refractivity contribution is 0.187. The van der Waals surface area contributed by atoms with Crippen molar-refractivity contribution in [1.29, 1.82) is 5.26 Å². The second kappa shape index (κ2) is 8.88. The fourth-order valence-electron chi connectivity index (χ4n) is 3.09. The number of hydrogen-bond acceptors (Lipinski definition) is 4. The maximum atomic E-state index is 12.0. The van der Waals surface area contributed by atoms with Crippen LogP contribution in [0.15, 0.2) is 54.6 Å². The van der Waals surface area contributed by atoms with E-state index in [1.54, 1.807) is 24.3 Å². The number of hydrazine groups is 1. The predicted molar refractivity (Wildman–Crippen MR) is 101 cm³/mol. The summed E-state index contributed by atoms with van der Waals surface area (Å²) in [5.74, 6) is 0. The number of carbonyl (C=O) groups is 1. The first-order chi connectivity index (χ1) is 12.7. The highest BCUT2D eigenvalue weighted by molar-refractivity contribution is 5.75. The second-order valence-electron chi connectivity index (χ2n) is 6.45. The SMILES string of the molecule is N#Cc1cccc(NNC(=O)NC2CCN(Cc3ccccc3)CC2)c1. The Morgan fingerprint density at radius 2 is 1.88 bits per heavy atom. The number of nitrogens with zero attached hydrogens (tertiary/aromatic N) is 2. The molecular formula is C20H23N5O. The summed E-state index contributed by atoms with van der Waals surface area (Å²) < 4.78 is 0. The predicted octanol–water partition coefficient (Wildman–Crippen LogP) is 2.85. The number of nitriles is 1. The minimum atomic E-state index is -0.256. The van der Waals surface area contributed by atoms with Crippen LogP contribution in [0.3, 0.4) is 0 Å². The number of amides is 2. The number of hydrogen-bond donors (Lipinski definition) is 3. The summed E-state index contributed by atoms with van der Waals surface area (Å²) in [6.45, 7) is 2.89. The summed E-state index contributed by atoms with van der Waals surface area (Å²) in [5.41, 5.74) is 7.99. The summed E-state index contributed by atoms with van der Waals surface area (Å²) in [6.07, 6.45) is 1.87. The third-order valence-electron chi connectivity index (χ3n) is 4.48. The van der Waals surface area contributed by atoms with Crippen LogP contribution in [0.5, 0.6) is 0 Å². The number of anilines is 1. The second-order valence-corrected chi connectivity index (χ2v) is 6.45. The van der Waals surface area contributed by atoms with E-state index >= 15 is 0 Å². The Balaban J connectivity index is 1.38. The lowest BCUT2D eigenvalue weighted by Crippen LogP contribution is -2.48. The standard InChI is InChI=1S/C20H23N5O/c21-14-17-7-4-8-19(13-17)23-24-20(26)22-18-9-11-25(12-10-18)15-16-5-2-1-3-6-16/h1-8,13,18,23H,9-12,15H2,(H2,22,24,26). The molecule has 0 spiro atoms. The molecule has 0 unspecified atom stereocenters. The minimum Gasteiger partial charge on any atom is -0.334 e. The van der Waals surface area contributed by atoms with Gasteiger partial charge in [-0.05, 0) is 36.6 Å². The number of carbonyl (C=O) groups excluding carboxylic acids is 1. The normalized spacial score (nSPS) is 15.0. The molecule has 6 nitrogen and oxygen atoms in total. The van der Waals surface area contributed by atoms with Crippen LogP contribution in [0.4, 0.5) is 10.5 Å². The van der Waals surface area contributed by atoms with Crippen molar-refractivity contribution in [2.75, 3.05) is 18.5 Å². The smallest absolute Gasteiger partial charge is 0.333 e. The van der Waals surface area contributed by atoms with Crippen LogP contribution < -0.4 is 16.2 Å². The monoisotopic (exact) mass is 349 g/mol. The number of urea groups is 1. The van der Waals surface area contributed by atoms with Gasteiger partial charge in [-0.25, -0.2) is 4.79 Å². The van der Waals surface area contributed by atoms with Gasteiger partial charge in [-0.3, -0.25) is 15.8 Å². The number of nitrogens with one attached hydrogen (secondary N) is 3. The maximum Gasteiger partial charge on any atom is 0.333 e. The van der Waals surface area contributed by atoms with Crippen LogP contribution in [0.1, 0.15) is 24.0 Å². The van der Waals surface area contributed by atoms with E-state index in [0.717, 1.165) is 32.5 Å². The Labute approximate surface area is 153 Å². The average molecular weight is 349 g/mol. The van der Waals surface area contributed by atoms with Crippen LogP contribution in [-0.4, -0.2) is 30.1 Å². The largest absolute Gasteiger partial charge is 0.334 e. The van der Waals surface area contributed by atoms with Crippen molar-refractivity contribution in [3.05, 3.63) is 65.7 Å². The van der Waals surface area contributed by atoms with Crippen molar-refractivity contribution in [2.24, 2.45) is 0 Å². The quantitative estimate of drug-likeness (QED) is 0.725. The summed E-state index contributed by atoms with van der Waals surface area (Å²) in [5, 5.41) is 11.9. The molecule has 26 heavy (non-hydrogen) atoms. The molecule has 0 atom stereocenters. The van der Waals surface area contributed by atoms with Gasteiger partial charge in [0.1, 0.15) is 0 Å². The molecule has 0 aliphatic carbocycles. The third kappa shape index (κ3) is 5.23. The van der Waals surface area contributed by atoms with Gasteiger partial charge in [-0.15, -0.1) is 0 Å². The topological polar surface area (TPSA) is 80.2 Å². The van der Waals surface area contributed by atoms with Gasteiger partial charge in [0.05, 0.1) is 17.3 Å². The van der Waals surface area contributed by atoms with Crippen molar-refractivity contribution in [2.45, 2.75) is 25.4 Å². The van der Waals surface area contributed by atoms with E-state index in [4.69, 9.17) is 5.26 Å². The Hall–Kier alpha value is -3.04. The van der Waals surface area contributed by atoms with E-state index in [2.05, 4.69) is 51.4 Å². The lowest BCUT2D eigenvalue weighted by atomic mass is 10.0. The van der Waals surface area contributed by atoms with Crippen molar-refractivity contribution >= 4 is 11.7 Å². The number of piperidine rings is 1.